The second kappa shape index (κ2) is 10.9. The van der Waals surface area contributed by atoms with Gasteiger partial charge in [-0.3, -0.25) is 9.69 Å². The summed E-state index contributed by atoms with van der Waals surface area (Å²) in [5, 5.41) is 3.27. The van der Waals surface area contributed by atoms with Gasteiger partial charge in [-0.2, -0.15) is 0 Å². The summed E-state index contributed by atoms with van der Waals surface area (Å²) < 4.78 is 32.5. The fourth-order valence-corrected chi connectivity index (χ4v) is 4.67. The number of rotatable bonds is 9. The van der Waals surface area contributed by atoms with Crippen molar-refractivity contribution in [3.63, 3.8) is 0 Å². The molecule has 0 radical (unpaired) electrons. The highest BCUT2D eigenvalue weighted by Gasteiger charge is 2.23. The molecule has 1 saturated heterocycles. The van der Waals surface area contributed by atoms with Crippen LogP contribution < -0.4 is 10.0 Å². The molecule has 0 aliphatic carbocycles. The molecule has 1 fully saturated rings. The van der Waals surface area contributed by atoms with Crippen LogP contribution >= 0.6 is 11.6 Å². The maximum atomic E-state index is 12.3. The monoisotopic (exact) mass is 451 g/mol. The van der Waals surface area contributed by atoms with Gasteiger partial charge >= 0.3 is 0 Å². The number of hydrogen-bond acceptors (Lipinski definition) is 5. The third-order valence-corrected chi connectivity index (χ3v) is 6.61. The molecule has 7 nitrogen and oxygen atoms in total. The molecule has 9 heteroatoms. The Hall–Kier alpha value is -1.97. The first-order valence-corrected chi connectivity index (χ1v) is 11.7. The van der Waals surface area contributed by atoms with E-state index in [4.69, 9.17) is 16.3 Å². The third-order valence-electron chi connectivity index (χ3n) is 4.91. The molecule has 0 bridgehead atoms. The van der Waals surface area contributed by atoms with Gasteiger partial charge in [-0.05, 0) is 23.8 Å². The Balaban J connectivity index is 1.52. The summed E-state index contributed by atoms with van der Waals surface area (Å²) in [6.45, 7) is 3.40. The summed E-state index contributed by atoms with van der Waals surface area (Å²) in [5.41, 5.74) is 1.13. The van der Waals surface area contributed by atoms with Gasteiger partial charge in [-0.1, -0.05) is 48.0 Å². The quantitative estimate of drug-likeness (QED) is 0.610. The van der Waals surface area contributed by atoms with Gasteiger partial charge in [-0.25, -0.2) is 13.1 Å². The first-order valence-electron chi connectivity index (χ1n) is 9.84. The number of carbonyl (C=O) groups is 1. The van der Waals surface area contributed by atoms with E-state index >= 15 is 0 Å². The van der Waals surface area contributed by atoms with E-state index in [2.05, 4.69) is 14.9 Å². The first-order chi connectivity index (χ1) is 14.5. The highest BCUT2D eigenvalue weighted by molar-refractivity contribution is 7.89. The van der Waals surface area contributed by atoms with Crippen molar-refractivity contribution in [3.05, 3.63) is 65.2 Å². The Bertz CT molecular complexity index is 934. The normalized spacial score (nSPS) is 16.2. The molecule has 1 aliphatic heterocycles. The summed E-state index contributed by atoms with van der Waals surface area (Å²) >= 11 is 5.85. The first kappa shape index (κ1) is 22.7. The number of halogens is 1. The Morgan fingerprint density at radius 3 is 2.53 bits per heavy atom. The Kier molecular flexibility index (Phi) is 8.24. The zero-order valence-corrected chi connectivity index (χ0v) is 18.2. The van der Waals surface area contributed by atoms with Gasteiger partial charge < -0.3 is 10.1 Å². The molecule has 1 aliphatic rings. The lowest BCUT2D eigenvalue weighted by molar-refractivity contribution is -0.121. The standard InChI is InChI=1S/C21H26ClN3O4S/c22-18-7-4-8-19(15-18)30(27,28)24-10-9-21(26)23-16-20(17-5-2-1-3-6-17)25-11-13-29-14-12-25/h1-8,15,20,24H,9-14,16H2,(H,23,26). The molecule has 1 heterocycles. The van der Waals surface area contributed by atoms with Crippen molar-refractivity contribution < 1.29 is 17.9 Å². The lowest BCUT2D eigenvalue weighted by atomic mass is 10.0. The van der Waals surface area contributed by atoms with Crippen LogP contribution in [0.1, 0.15) is 18.0 Å². The Morgan fingerprint density at radius 2 is 1.83 bits per heavy atom. The second-order valence-corrected chi connectivity index (χ2v) is 9.19. The van der Waals surface area contributed by atoms with Crippen molar-refractivity contribution in [2.45, 2.75) is 17.4 Å². The van der Waals surface area contributed by atoms with Crippen molar-refractivity contribution in [1.82, 2.24) is 14.9 Å². The van der Waals surface area contributed by atoms with E-state index in [1.807, 2.05) is 30.3 Å². The Labute approximate surface area is 182 Å². The number of ether oxygens (including phenoxy) is 1. The summed E-state index contributed by atoms with van der Waals surface area (Å²) in [4.78, 5) is 14.7. The predicted molar refractivity (Wildman–Crippen MR) is 116 cm³/mol. The van der Waals surface area contributed by atoms with Crippen LogP contribution in [0, 0.1) is 0 Å². The molecule has 0 aromatic heterocycles. The summed E-state index contributed by atoms with van der Waals surface area (Å²) in [6.07, 6.45) is 0.0460. The number of amides is 1. The van der Waals surface area contributed by atoms with Crippen LogP contribution in [0.25, 0.3) is 0 Å². The predicted octanol–water partition coefficient (Wildman–Crippen LogP) is 2.20. The van der Waals surface area contributed by atoms with Gasteiger partial charge in [0.15, 0.2) is 0 Å². The van der Waals surface area contributed by atoms with Crippen molar-refractivity contribution in [2.75, 3.05) is 39.4 Å². The van der Waals surface area contributed by atoms with E-state index in [-0.39, 0.29) is 29.8 Å². The maximum Gasteiger partial charge on any atom is 0.240 e. The largest absolute Gasteiger partial charge is 0.379 e. The van der Waals surface area contributed by atoms with E-state index in [1.54, 1.807) is 12.1 Å². The third kappa shape index (κ3) is 6.52. The number of sulfonamides is 1. The van der Waals surface area contributed by atoms with Crippen LogP contribution in [0.4, 0.5) is 0 Å². The minimum atomic E-state index is -3.71. The number of carbonyl (C=O) groups excluding carboxylic acids is 1. The number of morpholine rings is 1. The molecule has 2 aromatic carbocycles. The van der Waals surface area contributed by atoms with Gasteiger partial charge in [0.2, 0.25) is 15.9 Å². The summed E-state index contributed by atoms with van der Waals surface area (Å²) in [6, 6.07) is 16.1. The molecule has 0 saturated carbocycles. The molecule has 2 aromatic rings. The molecule has 2 N–H and O–H groups in total. The topological polar surface area (TPSA) is 87.7 Å². The van der Waals surface area contributed by atoms with E-state index in [0.717, 1.165) is 18.7 Å². The van der Waals surface area contributed by atoms with Crippen molar-refractivity contribution in [3.8, 4) is 0 Å². The van der Waals surface area contributed by atoms with Gasteiger partial charge in [0.25, 0.3) is 0 Å². The Morgan fingerprint density at radius 1 is 1.10 bits per heavy atom. The molecular weight excluding hydrogens is 426 g/mol. The highest BCUT2D eigenvalue weighted by Crippen LogP contribution is 2.21. The van der Waals surface area contributed by atoms with Crippen LogP contribution in [0.5, 0.6) is 0 Å². The van der Waals surface area contributed by atoms with Crippen molar-refractivity contribution >= 4 is 27.5 Å². The van der Waals surface area contributed by atoms with E-state index in [0.29, 0.717) is 24.8 Å². The van der Waals surface area contributed by atoms with Crippen LogP contribution in [0.3, 0.4) is 0 Å². The van der Waals surface area contributed by atoms with Gasteiger partial charge in [0, 0.05) is 37.6 Å². The van der Waals surface area contributed by atoms with Crippen LogP contribution in [0.15, 0.2) is 59.5 Å². The zero-order valence-electron chi connectivity index (χ0n) is 16.6. The summed E-state index contributed by atoms with van der Waals surface area (Å²) in [5.74, 6) is -0.210. The lowest BCUT2D eigenvalue weighted by Crippen LogP contribution is -2.44. The number of hydrogen-bond donors (Lipinski definition) is 2. The molecular formula is C21H26ClN3O4S. The fraction of sp³-hybridized carbons (Fsp3) is 0.381. The number of nitrogens with one attached hydrogen (secondary N) is 2. The van der Waals surface area contributed by atoms with Crippen LogP contribution in [0.2, 0.25) is 5.02 Å². The molecule has 3 rings (SSSR count). The van der Waals surface area contributed by atoms with Crippen LogP contribution in [-0.4, -0.2) is 58.6 Å². The van der Waals surface area contributed by atoms with E-state index in [9.17, 15) is 13.2 Å². The van der Waals surface area contributed by atoms with Gasteiger partial charge in [0.1, 0.15) is 0 Å². The number of nitrogens with zero attached hydrogens (tertiary/aromatic N) is 1. The average molecular weight is 452 g/mol. The molecule has 1 unspecified atom stereocenters. The molecule has 1 atom stereocenters. The zero-order chi connectivity index (χ0) is 21.4. The van der Waals surface area contributed by atoms with Gasteiger partial charge in [0.05, 0.1) is 24.2 Å². The SMILES string of the molecule is O=C(CCNS(=O)(=O)c1cccc(Cl)c1)NCC(c1ccccc1)N1CCOCC1. The molecule has 0 spiro atoms. The minimum Gasteiger partial charge on any atom is -0.379 e. The van der Waals surface area contributed by atoms with E-state index in [1.165, 1.54) is 12.1 Å². The molecule has 1 amide bonds. The molecule has 30 heavy (non-hydrogen) atoms. The number of benzene rings is 2. The van der Waals surface area contributed by atoms with Gasteiger partial charge in [-0.15, -0.1) is 0 Å². The smallest absolute Gasteiger partial charge is 0.240 e. The highest BCUT2D eigenvalue weighted by atomic mass is 35.5. The van der Waals surface area contributed by atoms with Crippen molar-refractivity contribution in [1.29, 1.82) is 0 Å². The fourth-order valence-electron chi connectivity index (χ4n) is 3.34. The molecule has 162 valence electrons. The van der Waals surface area contributed by atoms with Crippen molar-refractivity contribution in [2.24, 2.45) is 0 Å². The minimum absolute atomic E-state index is 0.00817. The van der Waals surface area contributed by atoms with E-state index < -0.39 is 10.0 Å². The van der Waals surface area contributed by atoms with Crippen LogP contribution in [-0.2, 0) is 19.6 Å². The lowest BCUT2D eigenvalue weighted by Gasteiger charge is -2.35. The maximum absolute atomic E-state index is 12.3. The summed E-state index contributed by atoms with van der Waals surface area (Å²) in [7, 11) is -3.71. The second-order valence-electron chi connectivity index (χ2n) is 6.98. The average Bonchev–Trinajstić information content (AvgIpc) is 2.75.